The van der Waals surface area contributed by atoms with Gasteiger partial charge in [0.05, 0.1) is 36.2 Å². The molecule has 0 radical (unpaired) electrons. The molecule has 1 aliphatic rings. The predicted octanol–water partition coefficient (Wildman–Crippen LogP) is 4.70. The van der Waals surface area contributed by atoms with Crippen LogP contribution in [0.3, 0.4) is 0 Å². The molecule has 0 aliphatic heterocycles. The molecule has 1 aliphatic carbocycles. The molecule has 2 atom stereocenters. The summed E-state index contributed by atoms with van der Waals surface area (Å²) in [7, 11) is -3.97. The van der Waals surface area contributed by atoms with E-state index in [4.69, 9.17) is 4.74 Å². The number of ether oxygens (including phenoxy) is 1. The van der Waals surface area contributed by atoms with Crippen LogP contribution >= 0.6 is 0 Å². The lowest BCUT2D eigenvalue weighted by atomic mass is 9.87. The number of rotatable bonds is 12. The first-order chi connectivity index (χ1) is 20.8. The lowest BCUT2D eigenvalue weighted by molar-refractivity contribution is 0.0913. The maximum absolute atomic E-state index is 13.9. The van der Waals surface area contributed by atoms with Crippen molar-refractivity contribution in [1.82, 2.24) is 14.9 Å². The quantitative estimate of drug-likeness (QED) is 0.241. The second-order valence-electron chi connectivity index (χ2n) is 10.7. The Kier molecular flexibility index (Phi) is 9.37. The van der Waals surface area contributed by atoms with Gasteiger partial charge in [-0.2, -0.15) is 0 Å². The average molecular weight is 602 g/mol. The number of fused-ring (bicyclic) bond motifs is 1. The molecule has 0 saturated heterocycles. The van der Waals surface area contributed by atoms with Gasteiger partial charge in [-0.15, -0.1) is 0 Å². The van der Waals surface area contributed by atoms with Gasteiger partial charge in [0.15, 0.2) is 15.6 Å². The second-order valence-corrected chi connectivity index (χ2v) is 12.7. The van der Waals surface area contributed by atoms with E-state index >= 15 is 0 Å². The van der Waals surface area contributed by atoms with Crippen molar-refractivity contribution in [3.63, 3.8) is 0 Å². The third-order valence-corrected chi connectivity index (χ3v) is 9.37. The summed E-state index contributed by atoms with van der Waals surface area (Å²) in [4.78, 5) is 29.8. The molecule has 1 amide bonds. The van der Waals surface area contributed by atoms with Gasteiger partial charge in [-0.1, -0.05) is 43.3 Å². The summed E-state index contributed by atoms with van der Waals surface area (Å²) < 4.78 is 36.3. The number of aliphatic hydroxyl groups is 1. The fraction of sp³-hybridized carbons (Fsp3) is 0.303. The van der Waals surface area contributed by atoms with Crippen LogP contribution in [0.4, 0.5) is 0 Å². The molecule has 4 aromatic rings. The van der Waals surface area contributed by atoms with Gasteiger partial charge in [-0.3, -0.25) is 9.59 Å². The third-order valence-electron chi connectivity index (χ3n) is 7.73. The maximum atomic E-state index is 13.9. The fourth-order valence-electron chi connectivity index (χ4n) is 5.31. The van der Waals surface area contributed by atoms with Crippen molar-refractivity contribution in [2.75, 3.05) is 6.61 Å². The molecule has 1 aromatic heterocycles. The van der Waals surface area contributed by atoms with Crippen molar-refractivity contribution in [2.45, 2.75) is 61.9 Å². The molecular formula is C33H35N3O6S. The van der Waals surface area contributed by atoms with Crippen LogP contribution in [-0.4, -0.2) is 47.4 Å². The van der Waals surface area contributed by atoms with Gasteiger partial charge >= 0.3 is 0 Å². The van der Waals surface area contributed by atoms with E-state index in [9.17, 15) is 23.1 Å². The van der Waals surface area contributed by atoms with Crippen molar-refractivity contribution < 1.29 is 27.9 Å². The zero-order chi connectivity index (χ0) is 30.4. The lowest BCUT2D eigenvalue weighted by Crippen LogP contribution is -2.36. The Morgan fingerprint density at radius 3 is 2.63 bits per heavy atom. The SMILES string of the molecule is CCC(CO)NC(=O)c1cccc(S(=O)(=O)Cc2c(OC(Cn3ccnc3)c3ccccc3)ccc3c2CCCC3=O)c1. The largest absolute Gasteiger partial charge is 0.484 e. The molecule has 9 nitrogen and oxygen atoms in total. The van der Waals surface area contributed by atoms with Crippen molar-refractivity contribution >= 4 is 21.5 Å². The zero-order valence-electron chi connectivity index (χ0n) is 24.0. The lowest BCUT2D eigenvalue weighted by Gasteiger charge is -2.26. The number of amides is 1. The Morgan fingerprint density at radius 1 is 1.09 bits per heavy atom. The van der Waals surface area contributed by atoms with Gasteiger partial charge in [0, 0.05) is 35.5 Å². The van der Waals surface area contributed by atoms with Crippen LogP contribution in [0.1, 0.15) is 69.7 Å². The monoisotopic (exact) mass is 601 g/mol. The topological polar surface area (TPSA) is 128 Å². The number of nitrogens with one attached hydrogen (secondary N) is 1. The number of sulfone groups is 1. The smallest absolute Gasteiger partial charge is 0.251 e. The van der Waals surface area contributed by atoms with Gasteiger partial charge in [-0.05, 0) is 60.7 Å². The number of nitrogens with zero attached hydrogens (tertiary/aromatic N) is 2. The standard InChI is InChI=1S/C33H35N3O6S/c1-2-25(20-37)35-33(39)24-10-6-11-26(18-24)43(40,41)21-29-27-12-7-13-30(38)28(27)14-15-31(29)42-32(19-36-17-16-34-22-36)23-8-4-3-5-9-23/h3-6,8-11,14-18,22,25,32,37H,2,7,12-13,19-21H2,1H3,(H,35,39). The number of benzene rings is 3. The Labute approximate surface area is 251 Å². The summed E-state index contributed by atoms with van der Waals surface area (Å²) in [5.41, 5.74) is 2.76. The Morgan fingerprint density at radius 2 is 1.91 bits per heavy atom. The van der Waals surface area contributed by atoms with E-state index in [2.05, 4.69) is 10.3 Å². The summed E-state index contributed by atoms with van der Waals surface area (Å²) >= 11 is 0. The first kappa shape index (κ1) is 30.2. The van der Waals surface area contributed by atoms with Crippen LogP contribution in [0.5, 0.6) is 5.75 Å². The molecule has 5 rings (SSSR count). The normalized spacial score (nSPS) is 14.5. The molecule has 2 N–H and O–H groups in total. The molecule has 43 heavy (non-hydrogen) atoms. The number of hydrogen-bond donors (Lipinski definition) is 2. The molecule has 10 heteroatoms. The van der Waals surface area contributed by atoms with Gasteiger partial charge < -0.3 is 19.7 Å². The number of hydrogen-bond acceptors (Lipinski definition) is 7. The Hall–Kier alpha value is -4.28. The van der Waals surface area contributed by atoms with Gasteiger partial charge in [0.2, 0.25) is 0 Å². The summed E-state index contributed by atoms with van der Waals surface area (Å²) in [6.45, 7) is 2.06. The minimum absolute atomic E-state index is 0.0130. The molecule has 224 valence electrons. The van der Waals surface area contributed by atoms with Gasteiger partial charge in [0.25, 0.3) is 5.91 Å². The number of carbonyl (C=O) groups is 2. The summed E-state index contributed by atoms with van der Waals surface area (Å²) in [6.07, 6.45) is 6.89. The molecule has 2 unspecified atom stereocenters. The average Bonchev–Trinajstić information content (AvgIpc) is 3.54. The molecule has 3 aromatic carbocycles. The second kappa shape index (κ2) is 13.4. The highest BCUT2D eigenvalue weighted by Crippen LogP contribution is 2.36. The first-order valence-electron chi connectivity index (χ1n) is 14.4. The van der Waals surface area contributed by atoms with E-state index in [1.165, 1.54) is 24.3 Å². The van der Waals surface area contributed by atoms with Crippen LogP contribution in [0.15, 0.2) is 90.3 Å². The summed E-state index contributed by atoms with van der Waals surface area (Å²) in [5.74, 6) is -0.481. The number of aliphatic hydroxyl groups excluding tert-OH is 1. The van der Waals surface area contributed by atoms with Crippen molar-refractivity contribution in [1.29, 1.82) is 0 Å². The number of imidazole rings is 1. The molecule has 0 spiro atoms. The molecular weight excluding hydrogens is 566 g/mol. The first-order valence-corrected chi connectivity index (χ1v) is 16.0. The molecule has 1 heterocycles. The highest BCUT2D eigenvalue weighted by atomic mass is 32.2. The van der Waals surface area contributed by atoms with Crippen LogP contribution < -0.4 is 10.1 Å². The zero-order valence-corrected chi connectivity index (χ0v) is 24.8. The highest BCUT2D eigenvalue weighted by molar-refractivity contribution is 7.90. The number of aromatic nitrogens is 2. The van der Waals surface area contributed by atoms with E-state index in [1.807, 2.05) is 48.0 Å². The predicted molar refractivity (Wildman–Crippen MR) is 162 cm³/mol. The minimum atomic E-state index is -3.97. The number of ketones is 1. The number of Topliss-reactive ketones (excluding diaryl/α,β-unsaturated/α-hetero) is 1. The van der Waals surface area contributed by atoms with Crippen LogP contribution in [-0.2, 0) is 28.6 Å². The van der Waals surface area contributed by atoms with E-state index in [1.54, 1.807) is 24.7 Å². The van der Waals surface area contributed by atoms with Crippen molar-refractivity contribution in [3.05, 3.63) is 113 Å². The Balaban J connectivity index is 1.52. The number of carbonyl (C=O) groups excluding carboxylic acids is 2. The molecule has 0 saturated carbocycles. The van der Waals surface area contributed by atoms with Crippen molar-refractivity contribution in [3.8, 4) is 5.75 Å². The van der Waals surface area contributed by atoms with E-state index in [-0.39, 0.29) is 22.8 Å². The highest BCUT2D eigenvalue weighted by Gasteiger charge is 2.28. The fourth-order valence-corrected chi connectivity index (χ4v) is 6.77. The summed E-state index contributed by atoms with van der Waals surface area (Å²) in [5, 5.41) is 12.2. The van der Waals surface area contributed by atoms with Gasteiger partial charge in [-0.25, -0.2) is 13.4 Å². The van der Waals surface area contributed by atoms with E-state index < -0.39 is 33.6 Å². The molecule has 0 bridgehead atoms. The van der Waals surface area contributed by atoms with E-state index in [0.29, 0.717) is 54.7 Å². The maximum Gasteiger partial charge on any atom is 0.251 e. The van der Waals surface area contributed by atoms with Crippen LogP contribution in [0.25, 0.3) is 0 Å². The minimum Gasteiger partial charge on any atom is -0.484 e. The van der Waals surface area contributed by atoms with Crippen LogP contribution in [0.2, 0.25) is 0 Å². The van der Waals surface area contributed by atoms with Gasteiger partial charge in [0.1, 0.15) is 11.9 Å². The van der Waals surface area contributed by atoms with Crippen molar-refractivity contribution in [2.24, 2.45) is 0 Å². The summed E-state index contributed by atoms with van der Waals surface area (Å²) in [6, 6.07) is 18.5. The van der Waals surface area contributed by atoms with Crippen LogP contribution in [0, 0.1) is 0 Å². The third kappa shape index (κ3) is 7.03. The molecule has 0 fully saturated rings. The van der Waals surface area contributed by atoms with E-state index in [0.717, 1.165) is 5.56 Å². The Bertz CT molecular complexity index is 1680.